The maximum absolute atomic E-state index is 13.2. The molecule has 140 valence electrons. The van der Waals surface area contributed by atoms with Gasteiger partial charge in [0.25, 0.3) is 5.92 Å². The smallest absolute Gasteiger partial charge is 0.251 e. The summed E-state index contributed by atoms with van der Waals surface area (Å²) in [6.07, 6.45) is 3.29. The lowest BCUT2D eigenvalue weighted by molar-refractivity contribution is -0.138. The van der Waals surface area contributed by atoms with Gasteiger partial charge in [-0.2, -0.15) is 5.26 Å². The number of alkyl halides is 2. The predicted molar refractivity (Wildman–Crippen MR) is 97.0 cm³/mol. The first kappa shape index (κ1) is 19.0. The van der Waals surface area contributed by atoms with Crippen LogP contribution < -0.4 is 4.90 Å². The normalized spacial score (nSPS) is 20.7. The average Bonchev–Trinajstić information content (AvgIpc) is 2.62. The third-order valence-electron chi connectivity index (χ3n) is 5.18. The Morgan fingerprint density at radius 3 is 2.58 bits per heavy atom. The van der Waals surface area contributed by atoms with E-state index in [1.54, 1.807) is 17.2 Å². The molecule has 3 heterocycles. The minimum atomic E-state index is -2.63. The Morgan fingerprint density at radius 2 is 1.96 bits per heavy atom. The average molecular weight is 427 g/mol. The molecule has 2 aliphatic rings. The fraction of sp³-hybridized carbons (Fsp3) is 0.611. The zero-order valence-corrected chi connectivity index (χ0v) is 16.0. The van der Waals surface area contributed by atoms with Crippen molar-refractivity contribution in [2.24, 2.45) is 5.92 Å². The van der Waals surface area contributed by atoms with Crippen LogP contribution in [0.25, 0.3) is 0 Å². The number of hydrogen-bond acceptors (Lipinski definition) is 4. The number of halogens is 3. The van der Waals surface area contributed by atoms with E-state index in [0.717, 1.165) is 30.4 Å². The summed E-state index contributed by atoms with van der Waals surface area (Å²) in [7, 11) is 0. The van der Waals surface area contributed by atoms with Crippen molar-refractivity contribution in [2.75, 3.05) is 31.1 Å². The first-order valence-electron chi connectivity index (χ1n) is 8.84. The Hall–Kier alpha value is -1.75. The van der Waals surface area contributed by atoms with Crippen LogP contribution >= 0.6 is 15.9 Å². The first-order valence-corrected chi connectivity index (χ1v) is 9.63. The van der Waals surface area contributed by atoms with Crippen molar-refractivity contribution in [3.8, 4) is 6.07 Å². The molecular weight excluding hydrogens is 406 g/mol. The standard InChI is InChI=1S/C18H21BrF2N4O/c19-15-10-14(11-22)17(23-12-15)25-5-1-13(2-6-25)9-16(26)24-7-3-18(20,21)4-8-24/h10,12-13H,1-9H2. The number of piperidine rings is 2. The maximum Gasteiger partial charge on any atom is 0.251 e. The first-order chi connectivity index (χ1) is 12.4. The van der Waals surface area contributed by atoms with E-state index in [-0.39, 0.29) is 37.8 Å². The summed E-state index contributed by atoms with van der Waals surface area (Å²) in [4.78, 5) is 20.4. The van der Waals surface area contributed by atoms with Crippen molar-refractivity contribution in [1.82, 2.24) is 9.88 Å². The van der Waals surface area contributed by atoms with Gasteiger partial charge in [0.1, 0.15) is 11.9 Å². The molecule has 0 atom stereocenters. The number of hydrogen-bond donors (Lipinski definition) is 0. The lowest BCUT2D eigenvalue weighted by atomic mass is 9.92. The molecule has 0 bridgehead atoms. The van der Waals surface area contributed by atoms with E-state index in [2.05, 4.69) is 31.9 Å². The second-order valence-electron chi connectivity index (χ2n) is 7.01. The molecular formula is C18H21BrF2N4O. The van der Waals surface area contributed by atoms with Crippen LogP contribution in [0.4, 0.5) is 14.6 Å². The number of likely N-dealkylation sites (tertiary alicyclic amines) is 1. The molecule has 1 aromatic rings. The van der Waals surface area contributed by atoms with Gasteiger partial charge in [0.15, 0.2) is 0 Å². The van der Waals surface area contributed by atoms with Crippen LogP contribution in [0.3, 0.4) is 0 Å². The van der Waals surface area contributed by atoms with Crippen molar-refractivity contribution in [2.45, 2.75) is 38.0 Å². The Morgan fingerprint density at radius 1 is 1.31 bits per heavy atom. The Balaban J connectivity index is 1.51. The van der Waals surface area contributed by atoms with Gasteiger partial charge in [-0.25, -0.2) is 13.8 Å². The van der Waals surface area contributed by atoms with Crippen LogP contribution in [0.15, 0.2) is 16.7 Å². The minimum Gasteiger partial charge on any atom is -0.356 e. The third-order valence-corrected chi connectivity index (χ3v) is 5.61. The van der Waals surface area contributed by atoms with Gasteiger partial charge >= 0.3 is 0 Å². The fourth-order valence-electron chi connectivity index (χ4n) is 3.57. The number of carbonyl (C=O) groups is 1. The zero-order chi connectivity index (χ0) is 18.7. The number of carbonyl (C=O) groups excluding carboxylic acids is 1. The summed E-state index contributed by atoms with van der Waals surface area (Å²) in [5.74, 6) is -1.71. The monoisotopic (exact) mass is 426 g/mol. The molecule has 2 saturated heterocycles. The molecule has 0 saturated carbocycles. The van der Waals surface area contributed by atoms with Crippen LogP contribution in [0.5, 0.6) is 0 Å². The number of anilines is 1. The van der Waals surface area contributed by atoms with E-state index in [1.165, 1.54) is 0 Å². The summed E-state index contributed by atoms with van der Waals surface area (Å²) < 4.78 is 27.2. The zero-order valence-electron chi connectivity index (χ0n) is 14.4. The lowest BCUT2D eigenvalue weighted by Gasteiger charge is -2.35. The Bertz CT molecular complexity index is 704. The van der Waals surface area contributed by atoms with Gasteiger partial charge in [-0.3, -0.25) is 4.79 Å². The number of nitriles is 1. The van der Waals surface area contributed by atoms with Crippen LogP contribution in [0.2, 0.25) is 0 Å². The Kier molecular flexibility index (Phi) is 5.76. The molecule has 2 fully saturated rings. The largest absolute Gasteiger partial charge is 0.356 e. The summed E-state index contributed by atoms with van der Waals surface area (Å²) >= 11 is 3.32. The van der Waals surface area contributed by atoms with Gasteiger partial charge < -0.3 is 9.80 Å². The van der Waals surface area contributed by atoms with Gasteiger partial charge in [0.2, 0.25) is 5.91 Å². The molecule has 0 radical (unpaired) electrons. The highest BCUT2D eigenvalue weighted by Crippen LogP contribution is 2.30. The van der Waals surface area contributed by atoms with Gasteiger partial charge in [-0.05, 0) is 40.8 Å². The number of aromatic nitrogens is 1. The van der Waals surface area contributed by atoms with Crippen molar-refractivity contribution in [3.63, 3.8) is 0 Å². The number of pyridine rings is 1. The number of amides is 1. The third kappa shape index (κ3) is 4.50. The second-order valence-corrected chi connectivity index (χ2v) is 7.92. The molecule has 2 aliphatic heterocycles. The van der Waals surface area contributed by atoms with Crippen LogP contribution in [-0.2, 0) is 4.79 Å². The van der Waals surface area contributed by atoms with Gasteiger partial charge in [0.05, 0.1) is 5.56 Å². The minimum absolute atomic E-state index is 0.0153. The summed E-state index contributed by atoms with van der Waals surface area (Å²) in [6, 6.07) is 3.92. The van der Waals surface area contributed by atoms with Gasteiger partial charge in [-0.1, -0.05) is 0 Å². The van der Waals surface area contributed by atoms with Crippen LogP contribution in [-0.4, -0.2) is 47.9 Å². The molecule has 1 aromatic heterocycles. The van der Waals surface area contributed by atoms with Crippen molar-refractivity contribution in [3.05, 3.63) is 22.3 Å². The summed E-state index contributed by atoms with van der Waals surface area (Å²) in [5.41, 5.74) is 0.531. The van der Waals surface area contributed by atoms with E-state index in [4.69, 9.17) is 0 Å². The highest BCUT2D eigenvalue weighted by atomic mass is 79.9. The SMILES string of the molecule is N#Cc1cc(Br)cnc1N1CCC(CC(=O)N2CCC(F)(F)CC2)CC1. The van der Waals surface area contributed by atoms with E-state index in [0.29, 0.717) is 17.8 Å². The number of nitrogens with zero attached hydrogens (tertiary/aromatic N) is 4. The van der Waals surface area contributed by atoms with Crippen molar-refractivity contribution >= 4 is 27.7 Å². The van der Waals surface area contributed by atoms with E-state index in [9.17, 15) is 18.8 Å². The van der Waals surface area contributed by atoms with E-state index in [1.807, 2.05) is 0 Å². The lowest BCUT2D eigenvalue weighted by Crippen LogP contribution is -2.44. The molecule has 8 heteroatoms. The number of rotatable bonds is 3. The molecule has 0 aromatic carbocycles. The summed E-state index contributed by atoms with van der Waals surface area (Å²) in [5, 5.41) is 9.28. The molecule has 0 unspecified atom stereocenters. The maximum atomic E-state index is 13.2. The van der Waals surface area contributed by atoms with Crippen molar-refractivity contribution < 1.29 is 13.6 Å². The molecule has 5 nitrogen and oxygen atoms in total. The quantitative estimate of drug-likeness (QED) is 0.740. The molecule has 26 heavy (non-hydrogen) atoms. The van der Waals surface area contributed by atoms with Crippen molar-refractivity contribution in [1.29, 1.82) is 5.26 Å². The highest BCUT2D eigenvalue weighted by Gasteiger charge is 2.36. The molecule has 0 aliphatic carbocycles. The van der Waals surface area contributed by atoms with Crippen LogP contribution in [0.1, 0.15) is 37.7 Å². The van der Waals surface area contributed by atoms with Gasteiger partial charge in [-0.15, -0.1) is 0 Å². The second kappa shape index (κ2) is 7.87. The van der Waals surface area contributed by atoms with E-state index >= 15 is 0 Å². The van der Waals surface area contributed by atoms with E-state index < -0.39 is 5.92 Å². The predicted octanol–water partition coefficient (Wildman–Crippen LogP) is 3.58. The molecule has 1 amide bonds. The van der Waals surface area contributed by atoms with Gasteiger partial charge in [0, 0.05) is 56.1 Å². The van der Waals surface area contributed by atoms with Crippen LogP contribution in [0, 0.1) is 17.2 Å². The summed E-state index contributed by atoms with van der Waals surface area (Å²) in [6.45, 7) is 1.77. The topological polar surface area (TPSA) is 60.2 Å². The fourth-order valence-corrected chi connectivity index (χ4v) is 3.91. The molecule has 0 spiro atoms. The Labute approximate surface area is 160 Å². The molecule has 3 rings (SSSR count). The highest BCUT2D eigenvalue weighted by molar-refractivity contribution is 9.10. The molecule has 0 N–H and O–H groups in total.